The van der Waals surface area contributed by atoms with Gasteiger partial charge < -0.3 is 14.2 Å². The fourth-order valence-corrected chi connectivity index (χ4v) is 6.66. The highest BCUT2D eigenvalue weighted by molar-refractivity contribution is 5.73. The first-order valence-electron chi connectivity index (χ1n) is 12.1. The highest BCUT2D eigenvalue weighted by Crippen LogP contribution is 2.56. The summed E-state index contributed by atoms with van der Waals surface area (Å²) in [6, 6.07) is 13.1. The maximum Gasteiger partial charge on any atom is 0.126 e. The van der Waals surface area contributed by atoms with E-state index < -0.39 is 0 Å². The number of hydrogen-bond donors (Lipinski definition) is 0. The number of rotatable bonds is 4. The summed E-state index contributed by atoms with van der Waals surface area (Å²) >= 11 is 0. The van der Waals surface area contributed by atoms with E-state index in [1.807, 2.05) is 33.1 Å². The van der Waals surface area contributed by atoms with Gasteiger partial charge in [-0.2, -0.15) is 0 Å². The molecule has 3 aliphatic rings. The minimum absolute atomic E-state index is 0.494. The Kier molecular flexibility index (Phi) is 6.91. The van der Waals surface area contributed by atoms with Crippen LogP contribution in [0.5, 0.6) is 11.5 Å². The summed E-state index contributed by atoms with van der Waals surface area (Å²) < 4.78 is 17.0. The number of hydrogen-bond acceptors (Lipinski definition) is 3. The molecule has 31 heavy (non-hydrogen) atoms. The third-order valence-corrected chi connectivity index (χ3v) is 8.00. The van der Waals surface area contributed by atoms with E-state index in [9.17, 15) is 0 Å². The predicted octanol–water partition coefficient (Wildman–Crippen LogP) is 6.88. The zero-order valence-electron chi connectivity index (χ0n) is 19.8. The van der Waals surface area contributed by atoms with Crippen LogP contribution in [0.3, 0.4) is 0 Å². The van der Waals surface area contributed by atoms with Crippen LogP contribution in [0, 0.1) is 17.8 Å². The molecule has 0 bridgehead atoms. The normalized spacial score (nSPS) is 28.5. The third kappa shape index (κ3) is 3.98. The Bertz CT molecular complexity index is 873. The van der Waals surface area contributed by atoms with E-state index in [0.717, 1.165) is 29.3 Å². The number of fused-ring (bicyclic) bond motifs is 5. The van der Waals surface area contributed by atoms with E-state index in [1.54, 1.807) is 19.8 Å². The van der Waals surface area contributed by atoms with Crippen molar-refractivity contribution in [2.24, 2.45) is 17.8 Å². The maximum atomic E-state index is 5.83. The van der Waals surface area contributed by atoms with Gasteiger partial charge in [-0.15, -0.1) is 0 Å². The molecule has 3 aliphatic carbocycles. The molecule has 2 aromatic rings. The summed E-state index contributed by atoms with van der Waals surface area (Å²) in [7, 11) is 5.40. The molecule has 2 fully saturated rings. The Morgan fingerprint density at radius 2 is 1.48 bits per heavy atom. The lowest BCUT2D eigenvalue weighted by atomic mass is 9.60. The Labute approximate surface area is 188 Å². The summed E-state index contributed by atoms with van der Waals surface area (Å²) in [5.41, 5.74) is 5.48. The average molecular weight is 423 g/mol. The van der Waals surface area contributed by atoms with Crippen molar-refractivity contribution in [1.82, 2.24) is 0 Å². The van der Waals surface area contributed by atoms with Crippen molar-refractivity contribution in [2.45, 2.75) is 64.4 Å². The van der Waals surface area contributed by atoms with Crippen LogP contribution in [0.1, 0.15) is 63.0 Å². The number of aryl methyl sites for hydroxylation is 1. The summed E-state index contributed by atoms with van der Waals surface area (Å²) in [4.78, 5) is 0. The second-order valence-corrected chi connectivity index (χ2v) is 9.05. The molecular weight excluding hydrogens is 384 g/mol. The second-order valence-electron chi connectivity index (χ2n) is 9.05. The van der Waals surface area contributed by atoms with Gasteiger partial charge in [-0.25, -0.2) is 0 Å². The molecule has 0 aliphatic heterocycles. The van der Waals surface area contributed by atoms with Gasteiger partial charge in [0.1, 0.15) is 11.5 Å². The number of benzene rings is 2. The summed E-state index contributed by atoms with van der Waals surface area (Å²) in [6.07, 6.45) is 8.20. The summed E-state index contributed by atoms with van der Waals surface area (Å²) in [6.45, 7) is 4.00. The van der Waals surface area contributed by atoms with Gasteiger partial charge in [0.05, 0.1) is 20.3 Å². The van der Waals surface area contributed by atoms with Crippen molar-refractivity contribution < 1.29 is 14.2 Å². The van der Waals surface area contributed by atoms with Gasteiger partial charge in [0.25, 0.3) is 0 Å². The fraction of sp³-hybridized carbons (Fsp3) is 0.571. The van der Waals surface area contributed by atoms with Crippen LogP contribution in [0.2, 0.25) is 0 Å². The molecule has 0 heterocycles. The molecule has 0 aromatic heterocycles. The highest BCUT2D eigenvalue weighted by Gasteiger charge is 2.48. The molecule has 3 nitrogen and oxygen atoms in total. The van der Waals surface area contributed by atoms with Gasteiger partial charge in [0, 0.05) is 12.7 Å². The standard InChI is InChI=1S/C26H32O3.C2H6/c1-27-18-7-4-16(5-8-18)24-15-23-17(14-26(24)29-3)6-9-19-20-12-13-25(28-2)22(20)11-10-21(19)23;1-2/h4-5,7-8,14-15,19-22,25H,6,9-13H2,1-3H3;1-2H3. The Morgan fingerprint density at radius 1 is 0.742 bits per heavy atom. The smallest absolute Gasteiger partial charge is 0.126 e. The van der Waals surface area contributed by atoms with Gasteiger partial charge >= 0.3 is 0 Å². The van der Waals surface area contributed by atoms with Crippen LogP contribution in [-0.2, 0) is 11.2 Å². The molecule has 0 radical (unpaired) electrons. The number of methoxy groups -OCH3 is 3. The molecule has 5 rings (SSSR count). The fourth-order valence-electron chi connectivity index (χ4n) is 6.66. The van der Waals surface area contributed by atoms with E-state index in [0.29, 0.717) is 12.0 Å². The minimum atomic E-state index is 0.494. The van der Waals surface area contributed by atoms with Crippen molar-refractivity contribution >= 4 is 0 Å². The van der Waals surface area contributed by atoms with Gasteiger partial charge in [-0.1, -0.05) is 26.0 Å². The van der Waals surface area contributed by atoms with E-state index >= 15 is 0 Å². The lowest BCUT2D eigenvalue weighted by molar-refractivity contribution is 0.0243. The van der Waals surface area contributed by atoms with E-state index in [4.69, 9.17) is 14.2 Å². The van der Waals surface area contributed by atoms with E-state index in [-0.39, 0.29) is 0 Å². The number of ether oxygens (including phenoxy) is 3. The molecule has 0 N–H and O–H groups in total. The Balaban J connectivity index is 0.00000112. The first-order valence-corrected chi connectivity index (χ1v) is 12.1. The zero-order chi connectivity index (χ0) is 22.0. The average Bonchev–Trinajstić information content (AvgIpc) is 3.28. The molecule has 5 atom stereocenters. The maximum absolute atomic E-state index is 5.83. The van der Waals surface area contributed by atoms with Gasteiger partial charge in [-0.05, 0) is 103 Å². The van der Waals surface area contributed by atoms with Crippen LogP contribution in [0.15, 0.2) is 36.4 Å². The molecular formula is C28H38O3. The highest BCUT2D eigenvalue weighted by atomic mass is 16.5. The van der Waals surface area contributed by atoms with E-state index in [1.165, 1.54) is 55.2 Å². The van der Waals surface area contributed by atoms with E-state index in [2.05, 4.69) is 24.3 Å². The van der Waals surface area contributed by atoms with Crippen molar-refractivity contribution in [3.63, 3.8) is 0 Å². The molecule has 2 aromatic carbocycles. The van der Waals surface area contributed by atoms with Gasteiger partial charge in [-0.3, -0.25) is 0 Å². The monoisotopic (exact) mass is 422 g/mol. The molecule has 5 unspecified atom stereocenters. The minimum Gasteiger partial charge on any atom is -0.497 e. The quantitative estimate of drug-likeness (QED) is 0.537. The van der Waals surface area contributed by atoms with Crippen LogP contribution >= 0.6 is 0 Å². The first kappa shape index (κ1) is 22.2. The largest absolute Gasteiger partial charge is 0.497 e. The van der Waals surface area contributed by atoms with Gasteiger partial charge in [0.2, 0.25) is 0 Å². The van der Waals surface area contributed by atoms with Crippen molar-refractivity contribution in [3.05, 3.63) is 47.5 Å². The van der Waals surface area contributed by atoms with Crippen LogP contribution in [0.25, 0.3) is 11.1 Å². The topological polar surface area (TPSA) is 27.7 Å². The Hall–Kier alpha value is -2.00. The third-order valence-electron chi connectivity index (χ3n) is 8.00. The first-order chi connectivity index (χ1) is 15.2. The molecule has 168 valence electrons. The van der Waals surface area contributed by atoms with Gasteiger partial charge in [0.15, 0.2) is 0 Å². The SMILES string of the molecule is CC.COc1ccc(-c2cc3c(cc2OC)CCC2C3CCC3C(OC)CCC32)cc1. The Morgan fingerprint density at radius 3 is 2.16 bits per heavy atom. The lowest BCUT2D eigenvalue weighted by Crippen LogP contribution is -2.37. The zero-order valence-corrected chi connectivity index (χ0v) is 19.8. The lowest BCUT2D eigenvalue weighted by Gasteiger charge is -2.45. The molecule has 0 saturated heterocycles. The van der Waals surface area contributed by atoms with Crippen LogP contribution in [-0.4, -0.2) is 27.4 Å². The summed E-state index contributed by atoms with van der Waals surface area (Å²) in [5, 5.41) is 0. The summed E-state index contributed by atoms with van der Waals surface area (Å²) in [5.74, 6) is 5.01. The van der Waals surface area contributed by atoms with Crippen LogP contribution in [0.4, 0.5) is 0 Å². The second kappa shape index (κ2) is 9.65. The molecule has 0 spiro atoms. The van der Waals surface area contributed by atoms with Crippen molar-refractivity contribution in [1.29, 1.82) is 0 Å². The van der Waals surface area contributed by atoms with Crippen LogP contribution < -0.4 is 9.47 Å². The van der Waals surface area contributed by atoms with Crippen molar-refractivity contribution in [3.8, 4) is 22.6 Å². The molecule has 0 amide bonds. The molecule has 2 saturated carbocycles. The predicted molar refractivity (Wildman–Crippen MR) is 127 cm³/mol. The molecule has 3 heteroatoms. The van der Waals surface area contributed by atoms with Crippen molar-refractivity contribution in [2.75, 3.05) is 21.3 Å².